The number of nitrogens with zero attached hydrogens (tertiary/aromatic N) is 3. The van der Waals surface area contributed by atoms with E-state index in [1.807, 2.05) is 24.3 Å². The Morgan fingerprint density at radius 3 is 2.28 bits per heavy atom. The lowest BCUT2D eigenvalue weighted by atomic mass is 10.2. The number of hydrogen-bond acceptors (Lipinski definition) is 5. The van der Waals surface area contributed by atoms with Crippen LogP contribution in [0.2, 0.25) is 5.02 Å². The van der Waals surface area contributed by atoms with E-state index < -0.39 is 22.4 Å². The average Bonchev–Trinajstić information content (AvgIpc) is 2.89. The maximum absolute atomic E-state index is 14.4. The predicted molar refractivity (Wildman–Crippen MR) is 137 cm³/mol. The zero-order chi connectivity index (χ0) is 25.7. The van der Waals surface area contributed by atoms with Crippen LogP contribution >= 0.6 is 11.6 Å². The van der Waals surface area contributed by atoms with E-state index in [4.69, 9.17) is 16.3 Å². The number of carbonyl (C=O) groups is 1. The summed E-state index contributed by atoms with van der Waals surface area (Å²) in [6.45, 7) is 1.31. The summed E-state index contributed by atoms with van der Waals surface area (Å²) in [6.07, 6.45) is 0. The molecule has 190 valence electrons. The molecule has 10 heteroatoms. The van der Waals surface area contributed by atoms with Crippen LogP contribution in [0.15, 0.2) is 77.7 Å². The van der Waals surface area contributed by atoms with Gasteiger partial charge in [0.25, 0.3) is 0 Å². The van der Waals surface area contributed by atoms with Crippen molar-refractivity contribution in [2.75, 3.05) is 44.7 Å². The number of ether oxygens (including phenoxy) is 1. The molecule has 3 aromatic rings. The van der Waals surface area contributed by atoms with Crippen molar-refractivity contribution in [1.29, 1.82) is 0 Å². The molecule has 0 bridgehead atoms. The van der Waals surface area contributed by atoms with Crippen LogP contribution in [-0.2, 0) is 21.4 Å². The van der Waals surface area contributed by atoms with E-state index in [1.54, 1.807) is 18.1 Å². The molecule has 1 fully saturated rings. The molecular formula is C26H27ClFN3O4S. The van der Waals surface area contributed by atoms with Crippen LogP contribution in [-0.4, -0.2) is 63.4 Å². The number of benzene rings is 3. The van der Waals surface area contributed by atoms with Gasteiger partial charge in [-0.1, -0.05) is 41.9 Å². The highest BCUT2D eigenvalue weighted by Crippen LogP contribution is 2.28. The van der Waals surface area contributed by atoms with Gasteiger partial charge in [0, 0.05) is 43.3 Å². The minimum absolute atomic E-state index is 0.0166. The highest BCUT2D eigenvalue weighted by molar-refractivity contribution is 7.89. The monoisotopic (exact) mass is 531 g/mol. The first-order valence-corrected chi connectivity index (χ1v) is 13.3. The standard InChI is InChI=1S/C26H27ClFN3O4S/c1-35-25-9-5-4-8-24(25)29-14-16-30(17-15-29)26(32)19-31(18-20-6-2-3-7-23(20)28)36(33,34)22-12-10-21(27)11-13-22/h2-13H,14-19H2,1H3. The Bertz CT molecular complexity index is 1310. The first-order valence-electron chi connectivity index (χ1n) is 11.4. The first-order chi connectivity index (χ1) is 17.3. The number of methoxy groups -OCH3 is 1. The summed E-state index contributed by atoms with van der Waals surface area (Å²) in [5.41, 5.74) is 1.13. The number of halogens is 2. The maximum atomic E-state index is 14.4. The molecule has 1 amide bonds. The maximum Gasteiger partial charge on any atom is 0.243 e. The summed E-state index contributed by atoms with van der Waals surface area (Å²) >= 11 is 5.92. The molecule has 0 radical (unpaired) electrons. The minimum Gasteiger partial charge on any atom is -0.495 e. The van der Waals surface area contributed by atoms with E-state index in [2.05, 4.69) is 4.90 Å². The van der Waals surface area contributed by atoms with E-state index in [1.165, 1.54) is 42.5 Å². The van der Waals surface area contributed by atoms with Gasteiger partial charge in [-0.05, 0) is 42.5 Å². The molecule has 1 aliphatic heterocycles. The van der Waals surface area contributed by atoms with Crippen LogP contribution in [0, 0.1) is 5.82 Å². The SMILES string of the molecule is COc1ccccc1N1CCN(C(=O)CN(Cc2ccccc2F)S(=O)(=O)c2ccc(Cl)cc2)CC1. The topological polar surface area (TPSA) is 70.2 Å². The normalized spacial score (nSPS) is 14.2. The highest BCUT2D eigenvalue weighted by Gasteiger charge is 2.31. The molecule has 3 aromatic carbocycles. The molecule has 0 spiro atoms. The first kappa shape index (κ1) is 25.9. The van der Waals surface area contributed by atoms with Gasteiger partial charge in [-0.25, -0.2) is 12.8 Å². The second-order valence-corrected chi connectivity index (χ2v) is 10.7. The number of rotatable bonds is 8. The third-order valence-corrected chi connectivity index (χ3v) is 8.18. The van der Waals surface area contributed by atoms with Crippen molar-refractivity contribution in [2.45, 2.75) is 11.4 Å². The summed E-state index contributed by atoms with van der Waals surface area (Å²) in [4.78, 5) is 17.0. The molecule has 4 rings (SSSR count). The quantitative estimate of drug-likeness (QED) is 0.439. The third-order valence-electron chi connectivity index (χ3n) is 6.13. The predicted octanol–water partition coefficient (Wildman–Crippen LogP) is 4.03. The number of para-hydroxylation sites is 2. The lowest BCUT2D eigenvalue weighted by Crippen LogP contribution is -2.51. The van der Waals surface area contributed by atoms with Crippen LogP contribution in [0.4, 0.5) is 10.1 Å². The number of hydrogen-bond donors (Lipinski definition) is 0. The van der Waals surface area contributed by atoms with Crippen molar-refractivity contribution in [3.63, 3.8) is 0 Å². The van der Waals surface area contributed by atoms with Gasteiger partial charge in [-0.15, -0.1) is 0 Å². The number of sulfonamides is 1. The lowest BCUT2D eigenvalue weighted by Gasteiger charge is -2.37. The highest BCUT2D eigenvalue weighted by atomic mass is 35.5. The van der Waals surface area contributed by atoms with E-state index >= 15 is 0 Å². The van der Waals surface area contributed by atoms with Crippen LogP contribution in [0.5, 0.6) is 5.75 Å². The second-order valence-electron chi connectivity index (χ2n) is 8.36. The van der Waals surface area contributed by atoms with Crippen molar-refractivity contribution < 1.29 is 22.3 Å². The Labute approximate surface area is 215 Å². The zero-order valence-electron chi connectivity index (χ0n) is 19.8. The fraction of sp³-hybridized carbons (Fsp3) is 0.269. The van der Waals surface area contributed by atoms with Gasteiger partial charge in [0.2, 0.25) is 15.9 Å². The van der Waals surface area contributed by atoms with Crippen LogP contribution < -0.4 is 9.64 Å². The van der Waals surface area contributed by atoms with Gasteiger partial charge in [-0.3, -0.25) is 4.79 Å². The molecule has 36 heavy (non-hydrogen) atoms. The van der Waals surface area contributed by atoms with E-state index in [0.717, 1.165) is 15.7 Å². The molecule has 1 aliphatic rings. The van der Waals surface area contributed by atoms with E-state index in [9.17, 15) is 17.6 Å². The Kier molecular flexibility index (Phi) is 8.13. The van der Waals surface area contributed by atoms with Gasteiger partial charge < -0.3 is 14.5 Å². The Morgan fingerprint density at radius 1 is 0.972 bits per heavy atom. The van der Waals surface area contributed by atoms with E-state index in [0.29, 0.717) is 31.2 Å². The van der Waals surface area contributed by atoms with Crippen LogP contribution in [0.25, 0.3) is 0 Å². The lowest BCUT2D eigenvalue weighted by molar-refractivity contribution is -0.131. The summed E-state index contributed by atoms with van der Waals surface area (Å²) in [7, 11) is -2.48. The molecule has 0 atom stereocenters. The summed E-state index contributed by atoms with van der Waals surface area (Å²) in [5.74, 6) is -0.127. The van der Waals surface area contributed by atoms with Crippen molar-refractivity contribution in [2.24, 2.45) is 0 Å². The summed E-state index contributed by atoms with van der Waals surface area (Å²) in [5, 5.41) is 0.388. The number of carbonyl (C=O) groups excluding carboxylic acids is 1. The number of anilines is 1. The fourth-order valence-electron chi connectivity index (χ4n) is 4.14. The molecule has 0 aromatic heterocycles. The summed E-state index contributed by atoms with van der Waals surface area (Å²) in [6, 6.07) is 19.3. The van der Waals surface area contributed by atoms with Crippen LogP contribution in [0.3, 0.4) is 0 Å². The third kappa shape index (κ3) is 5.80. The Hall–Kier alpha value is -3.14. The van der Waals surface area contributed by atoms with Crippen LogP contribution in [0.1, 0.15) is 5.56 Å². The average molecular weight is 532 g/mol. The smallest absolute Gasteiger partial charge is 0.243 e. The number of amides is 1. The van der Waals surface area contributed by atoms with Gasteiger partial charge >= 0.3 is 0 Å². The van der Waals surface area contributed by atoms with Gasteiger partial charge in [0.1, 0.15) is 11.6 Å². The molecular weight excluding hydrogens is 505 g/mol. The fourth-order valence-corrected chi connectivity index (χ4v) is 5.63. The summed E-state index contributed by atoms with van der Waals surface area (Å²) < 4.78 is 47.8. The zero-order valence-corrected chi connectivity index (χ0v) is 21.4. The van der Waals surface area contributed by atoms with E-state index in [-0.39, 0.29) is 22.9 Å². The molecule has 0 N–H and O–H groups in total. The molecule has 1 saturated heterocycles. The van der Waals surface area contributed by atoms with Gasteiger partial charge in [0.15, 0.2) is 0 Å². The molecule has 0 saturated carbocycles. The second kappa shape index (κ2) is 11.3. The molecule has 0 aliphatic carbocycles. The number of piperazine rings is 1. The van der Waals surface area contributed by atoms with Crippen molar-refractivity contribution in [3.05, 3.63) is 89.2 Å². The van der Waals surface area contributed by atoms with Crippen molar-refractivity contribution in [3.8, 4) is 5.75 Å². The minimum atomic E-state index is -4.10. The van der Waals surface area contributed by atoms with Gasteiger partial charge in [-0.2, -0.15) is 4.31 Å². The van der Waals surface area contributed by atoms with Crippen molar-refractivity contribution >= 4 is 33.2 Å². The Morgan fingerprint density at radius 2 is 1.61 bits per heavy atom. The van der Waals surface area contributed by atoms with Crippen molar-refractivity contribution in [1.82, 2.24) is 9.21 Å². The van der Waals surface area contributed by atoms with Gasteiger partial charge in [0.05, 0.1) is 24.2 Å². The Balaban J connectivity index is 1.51. The largest absolute Gasteiger partial charge is 0.495 e. The molecule has 7 nitrogen and oxygen atoms in total. The molecule has 1 heterocycles. The molecule has 0 unspecified atom stereocenters.